The van der Waals surface area contributed by atoms with Crippen LogP contribution in [-0.2, 0) is 21.2 Å². The van der Waals surface area contributed by atoms with Crippen LogP contribution in [0.5, 0.6) is 5.75 Å². The first kappa shape index (κ1) is 26.9. The van der Waals surface area contributed by atoms with E-state index in [0.717, 1.165) is 35.1 Å². The summed E-state index contributed by atoms with van der Waals surface area (Å²) < 4.78 is 34.3. The van der Waals surface area contributed by atoms with Crippen LogP contribution in [0.1, 0.15) is 18.9 Å². The quantitative estimate of drug-likeness (QED) is 0.268. The molecule has 37 heavy (non-hydrogen) atoms. The van der Waals surface area contributed by atoms with Crippen molar-refractivity contribution in [3.8, 4) is 5.75 Å². The second-order valence-electron chi connectivity index (χ2n) is 8.66. The van der Waals surface area contributed by atoms with E-state index in [1.54, 1.807) is 48.5 Å². The van der Waals surface area contributed by atoms with Crippen molar-refractivity contribution < 1.29 is 17.9 Å². The van der Waals surface area contributed by atoms with Gasteiger partial charge in [-0.05, 0) is 74.0 Å². The van der Waals surface area contributed by atoms with Gasteiger partial charge in [-0.3, -0.25) is 9.10 Å². The predicted molar refractivity (Wildman–Crippen MR) is 150 cm³/mol. The molecule has 0 unspecified atom stereocenters. The highest BCUT2D eigenvalue weighted by Crippen LogP contribution is 2.33. The number of hydrogen-bond acceptors (Lipinski definition) is 6. The van der Waals surface area contributed by atoms with Gasteiger partial charge in [-0.15, -0.1) is 11.8 Å². The molecule has 0 fully saturated rings. The normalized spacial score (nSPS) is 12.8. The maximum Gasteiger partial charge on any atom is 0.264 e. The van der Waals surface area contributed by atoms with Crippen LogP contribution in [0.2, 0.25) is 0 Å². The number of rotatable bonds is 12. The minimum Gasteiger partial charge on any atom is -0.492 e. The Morgan fingerprint density at radius 1 is 1.05 bits per heavy atom. The minimum absolute atomic E-state index is 0.122. The van der Waals surface area contributed by atoms with Crippen LogP contribution < -0.4 is 19.3 Å². The smallest absolute Gasteiger partial charge is 0.264 e. The van der Waals surface area contributed by atoms with Crippen LogP contribution in [0.3, 0.4) is 0 Å². The van der Waals surface area contributed by atoms with Crippen LogP contribution in [0.15, 0.2) is 82.6 Å². The molecule has 0 aliphatic carbocycles. The zero-order valence-electron chi connectivity index (χ0n) is 21.2. The van der Waals surface area contributed by atoms with Gasteiger partial charge in [0.05, 0.1) is 17.2 Å². The van der Waals surface area contributed by atoms with Crippen molar-refractivity contribution >= 4 is 39.1 Å². The molecule has 3 aromatic carbocycles. The Labute approximate surface area is 223 Å². The Morgan fingerprint density at radius 3 is 2.54 bits per heavy atom. The Hall–Kier alpha value is -3.17. The van der Waals surface area contributed by atoms with Crippen LogP contribution >= 0.6 is 11.8 Å². The lowest BCUT2D eigenvalue weighted by molar-refractivity contribution is -0.119. The first-order valence-electron chi connectivity index (χ1n) is 12.4. The number of nitrogens with one attached hydrogen (secondary N) is 1. The molecule has 1 amide bonds. The standard InChI is InChI=1S/C28H33N3O4S2/c1-3-35-27-12-7-6-11-26(27)31(37(33,34)24-15-13-23(36-2)14-16-24)21-28(32)29-18-8-19-30-20-17-22-9-4-5-10-25(22)30/h4-7,9-16H,3,8,17-21H2,1-2H3,(H,29,32). The highest BCUT2D eigenvalue weighted by molar-refractivity contribution is 7.98. The molecule has 0 spiro atoms. The molecule has 3 aromatic rings. The lowest BCUT2D eigenvalue weighted by atomic mass is 10.2. The van der Waals surface area contributed by atoms with Gasteiger partial charge in [0.25, 0.3) is 10.0 Å². The number of anilines is 2. The molecule has 4 rings (SSSR count). The zero-order valence-corrected chi connectivity index (χ0v) is 22.9. The summed E-state index contributed by atoms with van der Waals surface area (Å²) in [4.78, 5) is 16.4. The van der Waals surface area contributed by atoms with Crippen LogP contribution in [0.25, 0.3) is 0 Å². The first-order chi connectivity index (χ1) is 17.9. The Balaban J connectivity index is 1.46. The average Bonchev–Trinajstić information content (AvgIpc) is 3.33. The van der Waals surface area contributed by atoms with E-state index in [2.05, 4.69) is 28.4 Å². The van der Waals surface area contributed by atoms with E-state index in [1.165, 1.54) is 23.0 Å². The summed E-state index contributed by atoms with van der Waals surface area (Å²) in [7, 11) is -4.02. The van der Waals surface area contributed by atoms with Crippen molar-refractivity contribution in [1.82, 2.24) is 5.32 Å². The van der Waals surface area contributed by atoms with E-state index in [0.29, 0.717) is 24.6 Å². The number of hydrogen-bond donors (Lipinski definition) is 1. The molecule has 0 bridgehead atoms. The van der Waals surface area contributed by atoms with Crippen molar-refractivity contribution in [3.63, 3.8) is 0 Å². The summed E-state index contributed by atoms with van der Waals surface area (Å²) in [5.41, 5.74) is 2.94. The van der Waals surface area contributed by atoms with Crippen LogP contribution in [-0.4, -0.2) is 53.4 Å². The molecule has 0 radical (unpaired) electrons. The highest BCUT2D eigenvalue weighted by atomic mass is 32.2. The molecule has 0 saturated heterocycles. The fourth-order valence-electron chi connectivity index (χ4n) is 4.44. The summed E-state index contributed by atoms with van der Waals surface area (Å²) in [6.07, 6.45) is 3.73. The second-order valence-corrected chi connectivity index (χ2v) is 11.4. The second kappa shape index (κ2) is 12.4. The van der Waals surface area contributed by atoms with Crippen molar-refractivity contribution in [2.24, 2.45) is 0 Å². The molecular formula is C28H33N3O4S2. The Bertz CT molecular complexity index is 1310. The number of thioether (sulfide) groups is 1. The molecular weight excluding hydrogens is 506 g/mol. The SMILES string of the molecule is CCOc1ccccc1N(CC(=O)NCCCN1CCc2ccccc21)S(=O)(=O)c1ccc(SC)cc1. The van der Waals surface area contributed by atoms with Gasteiger partial charge in [-0.2, -0.15) is 0 Å². The van der Waals surface area contributed by atoms with Crippen molar-refractivity contribution in [1.29, 1.82) is 0 Å². The third kappa shape index (κ3) is 6.40. The fraction of sp³-hybridized carbons (Fsp3) is 0.321. The number of fused-ring (bicyclic) bond motifs is 1. The lowest BCUT2D eigenvalue weighted by Gasteiger charge is -2.26. The van der Waals surface area contributed by atoms with E-state index in [9.17, 15) is 13.2 Å². The minimum atomic E-state index is -4.02. The van der Waals surface area contributed by atoms with Gasteiger partial charge in [-0.1, -0.05) is 30.3 Å². The summed E-state index contributed by atoms with van der Waals surface area (Å²) >= 11 is 1.53. The number of ether oxygens (including phenoxy) is 1. The Kier molecular flexibility index (Phi) is 9.00. The third-order valence-electron chi connectivity index (χ3n) is 6.28. The molecule has 1 N–H and O–H groups in total. The van der Waals surface area contributed by atoms with E-state index >= 15 is 0 Å². The van der Waals surface area contributed by atoms with Crippen LogP contribution in [0, 0.1) is 0 Å². The van der Waals surface area contributed by atoms with E-state index in [-0.39, 0.29) is 17.3 Å². The van der Waals surface area contributed by atoms with Gasteiger partial charge in [0, 0.05) is 30.2 Å². The van der Waals surface area contributed by atoms with Gasteiger partial charge in [0.2, 0.25) is 5.91 Å². The number of nitrogens with zero attached hydrogens (tertiary/aromatic N) is 2. The summed E-state index contributed by atoms with van der Waals surface area (Å²) in [5, 5.41) is 2.91. The maximum absolute atomic E-state index is 13.7. The summed E-state index contributed by atoms with van der Waals surface area (Å²) in [6.45, 7) is 4.13. The fourth-order valence-corrected chi connectivity index (χ4v) is 6.28. The molecule has 0 saturated carbocycles. The number of carbonyl (C=O) groups is 1. The summed E-state index contributed by atoms with van der Waals surface area (Å²) in [5.74, 6) is 0.0484. The van der Waals surface area contributed by atoms with Gasteiger partial charge in [0.15, 0.2) is 0 Å². The molecule has 9 heteroatoms. The Morgan fingerprint density at radius 2 is 1.78 bits per heavy atom. The topological polar surface area (TPSA) is 79.0 Å². The molecule has 1 heterocycles. The van der Waals surface area contributed by atoms with Gasteiger partial charge in [-0.25, -0.2) is 8.42 Å². The molecule has 1 aliphatic heterocycles. The van der Waals surface area contributed by atoms with Gasteiger partial charge >= 0.3 is 0 Å². The monoisotopic (exact) mass is 539 g/mol. The number of benzene rings is 3. The predicted octanol–water partition coefficient (Wildman–Crippen LogP) is 4.57. The number of carbonyl (C=O) groups excluding carboxylic acids is 1. The third-order valence-corrected chi connectivity index (χ3v) is 8.80. The number of para-hydroxylation sites is 3. The molecule has 1 aliphatic rings. The van der Waals surface area contributed by atoms with Crippen molar-refractivity contribution in [2.75, 3.05) is 48.2 Å². The first-order valence-corrected chi connectivity index (χ1v) is 15.1. The van der Waals surface area contributed by atoms with Crippen LogP contribution in [0.4, 0.5) is 11.4 Å². The zero-order chi connectivity index (χ0) is 26.3. The average molecular weight is 540 g/mol. The van der Waals surface area contributed by atoms with Crippen molar-refractivity contribution in [2.45, 2.75) is 29.6 Å². The lowest BCUT2D eigenvalue weighted by Crippen LogP contribution is -2.41. The van der Waals surface area contributed by atoms with Gasteiger partial charge in [0.1, 0.15) is 12.3 Å². The van der Waals surface area contributed by atoms with E-state index in [1.807, 2.05) is 19.2 Å². The van der Waals surface area contributed by atoms with Gasteiger partial charge < -0.3 is 15.0 Å². The summed E-state index contributed by atoms with van der Waals surface area (Å²) in [6, 6.07) is 22.0. The maximum atomic E-state index is 13.7. The number of amides is 1. The van der Waals surface area contributed by atoms with E-state index < -0.39 is 10.0 Å². The van der Waals surface area contributed by atoms with Crippen molar-refractivity contribution in [3.05, 3.63) is 78.4 Å². The largest absolute Gasteiger partial charge is 0.492 e. The highest BCUT2D eigenvalue weighted by Gasteiger charge is 2.29. The molecule has 0 atom stereocenters. The molecule has 196 valence electrons. The van der Waals surface area contributed by atoms with E-state index in [4.69, 9.17) is 4.74 Å². The molecule has 0 aromatic heterocycles. The molecule has 7 nitrogen and oxygen atoms in total. The number of sulfonamides is 1.